The van der Waals surface area contributed by atoms with Crippen LogP contribution in [0, 0.1) is 0 Å². The number of nitrogens with two attached hydrogens (primary N) is 1. The SMILES string of the molecule is Nc1c(C(=O)NCc2ccccc2)c2nc3ccccc3nc2n1/N=C\c1ccco1. The van der Waals surface area contributed by atoms with Gasteiger partial charge in [-0.05, 0) is 29.8 Å². The van der Waals surface area contributed by atoms with Crippen molar-refractivity contribution < 1.29 is 9.21 Å². The van der Waals surface area contributed by atoms with E-state index in [0.29, 0.717) is 34.5 Å². The summed E-state index contributed by atoms with van der Waals surface area (Å²) in [4.78, 5) is 22.4. The number of rotatable bonds is 5. The molecule has 152 valence electrons. The van der Waals surface area contributed by atoms with Crippen LogP contribution in [-0.2, 0) is 6.54 Å². The molecular formula is C23H18N6O2. The van der Waals surface area contributed by atoms with Gasteiger partial charge >= 0.3 is 0 Å². The summed E-state index contributed by atoms with van der Waals surface area (Å²) in [6.45, 7) is 0.364. The van der Waals surface area contributed by atoms with Crippen LogP contribution in [0.25, 0.3) is 22.2 Å². The van der Waals surface area contributed by atoms with Crippen LogP contribution < -0.4 is 11.1 Å². The van der Waals surface area contributed by atoms with Crippen LogP contribution in [0.5, 0.6) is 0 Å². The molecule has 5 aromatic rings. The van der Waals surface area contributed by atoms with E-state index in [-0.39, 0.29) is 17.3 Å². The van der Waals surface area contributed by atoms with Crippen LogP contribution in [0.3, 0.4) is 0 Å². The molecule has 0 radical (unpaired) electrons. The van der Waals surface area contributed by atoms with Gasteiger partial charge in [-0.1, -0.05) is 42.5 Å². The molecule has 0 bridgehead atoms. The molecule has 0 atom stereocenters. The number of aromatic nitrogens is 3. The van der Waals surface area contributed by atoms with E-state index >= 15 is 0 Å². The normalized spacial score (nSPS) is 11.5. The maximum absolute atomic E-state index is 13.1. The van der Waals surface area contributed by atoms with Crippen molar-refractivity contribution in [2.24, 2.45) is 5.10 Å². The Morgan fingerprint density at radius 2 is 1.77 bits per heavy atom. The molecule has 0 spiro atoms. The number of hydrogen-bond donors (Lipinski definition) is 2. The Labute approximate surface area is 177 Å². The fourth-order valence-corrected chi connectivity index (χ4v) is 3.33. The number of anilines is 1. The molecule has 3 N–H and O–H groups in total. The van der Waals surface area contributed by atoms with Gasteiger partial charge < -0.3 is 15.5 Å². The van der Waals surface area contributed by atoms with Crippen molar-refractivity contribution in [1.29, 1.82) is 0 Å². The Morgan fingerprint density at radius 3 is 2.52 bits per heavy atom. The number of para-hydroxylation sites is 2. The van der Waals surface area contributed by atoms with Crippen molar-refractivity contribution in [1.82, 2.24) is 20.0 Å². The van der Waals surface area contributed by atoms with Gasteiger partial charge in [0.1, 0.15) is 22.7 Å². The molecule has 8 nitrogen and oxygen atoms in total. The molecule has 2 aromatic carbocycles. The molecule has 8 heteroatoms. The first kappa shape index (κ1) is 18.6. The van der Waals surface area contributed by atoms with Gasteiger partial charge in [0.2, 0.25) is 0 Å². The van der Waals surface area contributed by atoms with E-state index in [4.69, 9.17) is 10.2 Å². The number of furan rings is 1. The Morgan fingerprint density at radius 1 is 1.03 bits per heavy atom. The fraction of sp³-hybridized carbons (Fsp3) is 0.0435. The zero-order valence-electron chi connectivity index (χ0n) is 16.4. The number of hydrogen-bond acceptors (Lipinski definition) is 6. The third-order valence-corrected chi connectivity index (χ3v) is 4.84. The Kier molecular flexibility index (Phi) is 4.64. The minimum atomic E-state index is -0.345. The van der Waals surface area contributed by atoms with Crippen molar-refractivity contribution in [2.45, 2.75) is 6.54 Å². The van der Waals surface area contributed by atoms with Gasteiger partial charge in [-0.2, -0.15) is 9.78 Å². The first-order chi connectivity index (χ1) is 15.2. The van der Waals surface area contributed by atoms with Gasteiger partial charge in [0, 0.05) is 6.54 Å². The quantitative estimate of drug-likeness (QED) is 0.430. The average Bonchev–Trinajstić information content (AvgIpc) is 3.41. The number of nitrogen functional groups attached to an aromatic ring is 1. The highest BCUT2D eigenvalue weighted by molar-refractivity contribution is 6.10. The van der Waals surface area contributed by atoms with Gasteiger partial charge in [-0.25, -0.2) is 9.97 Å². The number of nitrogens with zero attached hydrogens (tertiary/aromatic N) is 4. The summed E-state index contributed by atoms with van der Waals surface area (Å²) in [5.41, 5.74) is 9.70. The lowest BCUT2D eigenvalue weighted by molar-refractivity contribution is 0.0953. The predicted molar refractivity (Wildman–Crippen MR) is 119 cm³/mol. The van der Waals surface area contributed by atoms with Gasteiger partial charge in [0.15, 0.2) is 5.65 Å². The fourth-order valence-electron chi connectivity index (χ4n) is 3.33. The monoisotopic (exact) mass is 410 g/mol. The van der Waals surface area contributed by atoms with E-state index in [9.17, 15) is 4.79 Å². The van der Waals surface area contributed by atoms with E-state index in [1.165, 1.54) is 10.9 Å². The number of fused-ring (bicyclic) bond motifs is 2. The zero-order chi connectivity index (χ0) is 21.2. The molecular weight excluding hydrogens is 392 g/mol. The van der Waals surface area contributed by atoms with Crippen LogP contribution >= 0.6 is 0 Å². The van der Waals surface area contributed by atoms with Crippen LogP contribution in [0.15, 0.2) is 82.5 Å². The maximum atomic E-state index is 13.1. The average molecular weight is 410 g/mol. The Bertz CT molecular complexity index is 1400. The summed E-state index contributed by atoms with van der Waals surface area (Å²) in [5, 5.41) is 7.30. The summed E-state index contributed by atoms with van der Waals surface area (Å²) in [6, 6.07) is 20.6. The number of carbonyl (C=O) groups is 1. The molecule has 0 aliphatic carbocycles. The molecule has 0 aliphatic rings. The topological polar surface area (TPSA) is 111 Å². The molecule has 0 saturated carbocycles. The second-order valence-corrected chi connectivity index (χ2v) is 6.88. The van der Waals surface area contributed by atoms with Gasteiger partial charge in [0.25, 0.3) is 5.91 Å². The van der Waals surface area contributed by atoms with Crippen molar-refractivity contribution >= 4 is 40.1 Å². The van der Waals surface area contributed by atoms with Gasteiger partial charge in [0.05, 0.1) is 23.5 Å². The standard InChI is InChI=1S/C23H18N6O2/c24-21-19(23(30)25-13-15-7-2-1-3-8-15)20-22(28-18-11-5-4-10-17(18)27-20)29(21)26-14-16-9-6-12-31-16/h1-12,14H,13,24H2,(H,25,30)/b26-14-. The van der Waals surface area contributed by atoms with Crippen molar-refractivity contribution in [2.75, 3.05) is 5.73 Å². The molecule has 0 unspecified atom stereocenters. The van der Waals surface area contributed by atoms with E-state index in [1.807, 2.05) is 54.6 Å². The van der Waals surface area contributed by atoms with E-state index in [2.05, 4.69) is 20.4 Å². The lowest BCUT2D eigenvalue weighted by Gasteiger charge is -2.05. The molecule has 1 amide bonds. The Hall–Kier alpha value is -4.46. The number of amides is 1. The van der Waals surface area contributed by atoms with Crippen LogP contribution in [0.1, 0.15) is 21.7 Å². The lowest BCUT2D eigenvalue weighted by Crippen LogP contribution is -2.23. The minimum Gasteiger partial charge on any atom is -0.463 e. The molecule has 31 heavy (non-hydrogen) atoms. The number of carbonyl (C=O) groups excluding carboxylic acids is 1. The summed E-state index contributed by atoms with van der Waals surface area (Å²) in [5.74, 6) is 0.353. The zero-order valence-corrected chi connectivity index (χ0v) is 16.4. The summed E-state index contributed by atoms with van der Waals surface area (Å²) < 4.78 is 6.71. The molecule has 0 saturated heterocycles. The highest BCUT2D eigenvalue weighted by Crippen LogP contribution is 2.27. The summed E-state index contributed by atoms with van der Waals surface area (Å²) in [6.07, 6.45) is 3.06. The van der Waals surface area contributed by atoms with Crippen molar-refractivity contribution in [3.05, 3.63) is 89.9 Å². The summed E-state index contributed by atoms with van der Waals surface area (Å²) >= 11 is 0. The second kappa shape index (κ2) is 7.75. The van der Waals surface area contributed by atoms with E-state index in [0.717, 1.165) is 5.56 Å². The highest BCUT2D eigenvalue weighted by Gasteiger charge is 2.24. The van der Waals surface area contributed by atoms with Crippen LogP contribution in [0.4, 0.5) is 5.82 Å². The third-order valence-electron chi connectivity index (χ3n) is 4.84. The first-order valence-electron chi connectivity index (χ1n) is 9.67. The molecule has 0 aliphatic heterocycles. The van der Waals surface area contributed by atoms with Gasteiger partial charge in [-0.3, -0.25) is 4.79 Å². The van der Waals surface area contributed by atoms with Crippen LogP contribution in [0.2, 0.25) is 0 Å². The summed E-state index contributed by atoms with van der Waals surface area (Å²) in [7, 11) is 0. The highest BCUT2D eigenvalue weighted by atomic mass is 16.3. The molecule has 0 fully saturated rings. The Balaban J connectivity index is 1.61. The van der Waals surface area contributed by atoms with Crippen molar-refractivity contribution in [3.63, 3.8) is 0 Å². The maximum Gasteiger partial charge on any atom is 0.257 e. The molecule has 5 rings (SSSR count). The predicted octanol–water partition coefficient (Wildman–Crippen LogP) is 3.57. The minimum absolute atomic E-state index is 0.152. The second-order valence-electron chi connectivity index (χ2n) is 6.88. The third kappa shape index (κ3) is 3.51. The van der Waals surface area contributed by atoms with E-state index in [1.54, 1.807) is 18.4 Å². The van der Waals surface area contributed by atoms with Gasteiger partial charge in [-0.15, -0.1) is 0 Å². The number of benzene rings is 2. The molecule has 3 heterocycles. The van der Waals surface area contributed by atoms with E-state index < -0.39 is 0 Å². The first-order valence-corrected chi connectivity index (χ1v) is 9.67. The largest absolute Gasteiger partial charge is 0.463 e. The smallest absolute Gasteiger partial charge is 0.257 e. The van der Waals surface area contributed by atoms with Crippen LogP contribution in [-0.4, -0.2) is 26.8 Å². The molecule has 3 aromatic heterocycles. The van der Waals surface area contributed by atoms with Crippen molar-refractivity contribution in [3.8, 4) is 0 Å². The number of nitrogens with one attached hydrogen (secondary N) is 1. The lowest BCUT2D eigenvalue weighted by atomic mass is 10.2.